The molecule has 0 bridgehead atoms. The predicted octanol–water partition coefficient (Wildman–Crippen LogP) is 6.33. The number of fused-ring (bicyclic) bond motifs is 2. The first kappa shape index (κ1) is 26.4. The van der Waals surface area contributed by atoms with Crippen LogP contribution in [0.1, 0.15) is 51.2 Å². The van der Waals surface area contributed by atoms with E-state index in [0.717, 1.165) is 32.7 Å². The van der Waals surface area contributed by atoms with Gasteiger partial charge in [0.2, 0.25) is 0 Å². The van der Waals surface area contributed by atoms with Gasteiger partial charge in [0.1, 0.15) is 6.61 Å². The summed E-state index contributed by atoms with van der Waals surface area (Å²) in [6, 6.07) is 27.6. The van der Waals surface area contributed by atoms with Gasteiger partial charge in [-0.1, -0.05) is 92.7 Å². The Balaban J connectivity index is 1.59. The van der Waals surface area contributed by atoms with E-state index in [1.54, 1.807) is 0 Å². The first-order valence-electron chi connectivity index (χ1n) is 12.4. The van der Waals surface area contributed by atoms with Crippen LogP contribution in [0.2, 0.25) is 0 Å². The second-order valence-electron chi connectivity index (χ2n) is 10.6. The molecule has 1 atom stereocenters. The molecule has 0 spiro atoms. The summed E-state index contributed by atoms with van der Waals surface area (Å²) in [7, 11) is 0.402. The van der Waals surface area contributed by atoms with E-state index in [1.807, 2.05) is 94.4 Å². The second-order valence-corrected chi connectivity index (χ2v) is 10.6. The smallest absolute Gasteiger partial charge is 0.510 e. The molecule has 0 fully saturated rings. The van der Waals surface area contributed by atoms with Crippen molar-refractivity contribution in [2.75, 3.05) is 0 Å². The lowest BCUT2D eigenvalue weighted by Crippen LogP contribution is -2.42. The zero-order chi connectivity index (χ0) is 26.6. The molecule has 0 amide bonds. The van der Waals surface area contributed by atoms with E-state index in [9.17, 15) is 9.59 Å². The first-order chi connectivity index (χ1) is 17.7. The van der Waals surface area contributed by atoms with Crippen molar-refractivity contribution in [3.05, 3.63) is 96.1 Å². The molecule has 0 aromatic heterocycles. The number of hydrogen-bond acceptors (Lipinski definition) is 5. The molecular weight excluding hydrogens is 463 g/mol. The average molecular weight is 495 g/mol. The Kier molecular flexibility index (Phi) is 7.69. The molecule has 1 unspecified atom stereocenters. The van der Waals surface area contributed by atoms with Gasteiger partial charge in [-0.05, 0) is 58.9 Å². The molecule has 0 heterocycles. The van der Waals surface area contributed by atoms with Crippen LogP contribution in [0.5, 0.6) is 0 Å². The maximum absolute atomic E-state index is 13.6. The maximum Gasteiger partial charge on any atom is 0.571 e. The van der Waals surface area contributed by atoms with Gasteiger partial charge in [-0.25, -0.2) is 0 Å². The quantitative estimate of drug-likeness (QED) is 0.167. The van der Waals surface area contributed by atoms with Crippen LogP contribution in [-0.4, -0.2) is 24.6 Å². The van der Waals surface area contributed by atoms with Crippen LogP contribution in [0, 0.1) is 10.8 Å². The van der Waals surface area contributed by atoms with Gasteiger partial charge in [-0.15, -0.1) is 0 Å². The zero-order valence-electron chi connectivity index (χ0n) is 21.7. The Hall–Kier alpha value is -3.64. The van der Waals surface area contributed by atoms with Crippen molar-refractivity contribution in [1.82, 2.24) is 0 Å². The van der Waals surface area contributed by atoms with Crippen molar-refractivity contribution < 1.29 is 24.0 Å². The van der Waals surface area contributed by atoms with Gasteiger partial charge in [0.05, 0.1) is 11.3 Å². The number of rotatable bonds is 9. The average Bonchev–Trinajstić information content (AvgIpc) is 2.90. The minimum absolute atomic E-state index is 0.143. The van der Waals surface area contributed by atoms with Crippen molar-refractivity contribution >= 4 is 41.2 Å². The summed E-state index contributed by atoms with van der Waals surface area (Å²) in [6.07, 6.45) is 0.322. The van der Waals surface area contributed by atoms with E-state index >= 15 is 0 Å². The summed E-state index contributed by atoms with van der Waals surface area (Å²) in [5.74, 6) is -1.58. The van der Waals surface area contributed by atoms with Crippen LogP contribution in [-0.2, 0) is 25.6 Å². The molecule has 0 aliphatic rings. The topological polar surface area (TPSA) is 72.8 Å². The molecule has 4 aromatic carbocycles. The highest BCUT2D eigenvalue weighted by molar-refractivity contribution is 6.20. The van der Waals surface area contributed by atoms with Crippen LogP contribution in [0.3, 0.4) is 0 Å². The largest absolute Gasteiger partial charge is 0.571 e. The number of esters is 1. The molecule has 1 N–H and O–H groups in total. The van der Waals surface area contributed by atoms with Crippen LogP contribution in [0.25, 0.3) is 21.5 Å². The highest BCUT2D eigenvalue weighted by atomic mass is 16.6. The molecule has 37 heavy (non-hydrogen) atoms. The Bertz CT molecular complexity index is 1360. The number of carbonyl (C=O) groups is 2. The molecular formula is C31H32BO5. The lowest BCUT2D eigenvalue weighted by molar-refractivity contribution is -0.163. The fraction of sp³-hybridized carbons (Fsp3) is 0.290. The first-order valence-corrected chi connectivity index (χ1v) is 12.4. The van der Waals surface area contributed by atoms with Gasteiger partial charge in [0, 0.05) is 5.56 Å². The summed E-state index contributed by atoms with van der Waals surface area (Å²) < 4.78 is 10.8. The summed E-state index contributed by atoms with van der Waals surface area (Å²) in [6.45, 7) is 7.74. The van der Waals surface area contributed by atoms with Crippen molar-refractivity contribution in [3.63, 3.8) is 0 Å². The standard InChI is InChI=1S/C31H32BO5/c1-30(2,19-26(28(33)37-32-35)21-12-6-5-7-13-21)31(3,4)29(34)36-20-27-24-16-10-8-14-22(24)18-23-15-9-11-17-25(23)27/h5-18,26,35H,19-20H2,1-4H3. The van der Waals surface area contributed by atoms with E-state index in [0.29, 0.717) is 14.1 Å². The molecule has 0 saturated heterocycles. The number of benzene rings is 4. The van der Waals surface area contributed by atoms with Crippen LogP contribution < -0.4 is 0 Å². The van der Waals surface area contributed by atoms with Gasteiger partial charge < -0.3 is 14.4 Å². The Morgan fingerprint density at radius 1 is 0.838 bits per heavy atom. The Morgan fingerprint density at radius 2 is 1.38 bits per heavy atom. The Labute approximate surface area is 218 Å². The van der Waals surface area contributed by atoms with E-state index in [4.69, 9.17) is 14.4 Å². The molecule has 0 aliphatic heterocycles. The van der Waals surface area contributed by atoms with E-state index in [-0.39, 0.29) is 12.6 Å². The maximum atomic E-state index is 13.6. The molecule has 6 heteroatoms. The third-order valence-electron chi connectivity index (χ3n) is 7.80. The molecule has 0 aliphatic carbocycles. The number of ether oxygens (including phenoxy) is 1. The number of hydrogen-bond donors (Lipinski definition) is 1. The summed E-state index contributed by atoms with van der Waals surface area (Å²) >= 11 is 0. The fourth-order valence-electron chi connectivity index (χ4n) is 4.78. The normalized spacial score (nSPS) is 12.8. The SMILES string of the molecule is CC(C)(CC(C(=O)O[B]O)c1ccccc1)C(C)(C)C(=O)OCc1c2ccccc2cc2ccccc12. The van der Waals surface area contributed by atoms with Gasteiger partial charge in [0.25, 0.3) is 5.97 Å². The van der Waals surface area contributed by atoms with Gasteiger partial charge in [-0.3, -0.25) is 9.59 Å². The zero-order valence-corrected chi connectivity index (χ0v) is 21.7. The Morgan fingerprint density at radius 3 is 1.95 bits per heavy atom. The van der Waals surface area contributed by atoms with Crippen LogP contribution in [0.15, 0.2) is 84.9 Å². The van der Waals surface area contributed by atoms with Crippen molar-refractivity contribution in [2.45, 2.75) is 46.6 Å². The molecule has 1 radical (unpaired) electrons. The highest BCUT2D eigenvalue weighted by Crippen LogP contribution is 2.46. The van der Waals surface area contributed by atoms with E-state index < -0.39 is 22.7 Å². The monoisotopic (exact) mass is 495 g/mol. The minimum atomic E-state index is -0.927. The fourth-order valence-corrected chi connectivity index (χ4v) is 4.78. The van der Waals surface area contributed by atoms with Crippen molar-refractivity contribution in [1.29, 1.82) is 0 Å². The molecule has 0 saturated carbocycles. The van der Waals surface area contributed by atoms with E-state index in [2.05, 4.69) is 18.2 Å². The van der Waals surface area contributed by atoms with Crippen LogP contribution in [0.4, 0.5) is 0 Å². The predicted molar refractivity (Wildman–Crippen MR) is 147 cm³/mol. The third-order valence-corrected chi connectivity index (χ3v) is 7.80. The summed E-state index contributed by atoms with van der Waals surface area (Å²) in [4.78, 5) is 26.3. The second kappa shape index (κ2) is 10.8. The molecule has 189 valence electrons. The van der Waals surface area contributed by atoms with Crippen molar-refractivity contribution in [3.8, 4) is 0 Å². The summed E-state index contributed by atoms with van der Waals surface area (Å²) in [5.41, 5.74) is 0.150. The summed E-state index contributed by atoms with van der Waals surface area (Å²) in [5, 5.41) is 13.4. The van der Waals surface area contributed by atoms with Crippen molar-refractivity contribution in [2.24, 2.45) is 10.8 Å². The van der Waals surface area contributed by atoms with Gasteiger partial charge >= 0.3 is 13.7 Å². The molecule has 5 nitrogen and oxygen atoms in total. The molecule has 4 aromatic rings. The van der Waals surface area contributed by atoms with E-state index in [1.165, 1.54) is 0 Å². The lowest BCUT2D eigenvalue weighted by Gasteiger charge is -2.41. The molecule has 4 rings (SSSR count). The minimum Gasteiger partial charge on any atom is -0.510 e. The van der Waals surface area contributed by atoms with Gasteiger partial charge in [0.15, 0.2) is 0 Å². The van der Waals surface area contributed by atoms with Gasteiger partial charge in [-0.2, -0.15) is 0 Å². The van der Waals surface area contributed by atoms with Crippen LogP contribution >= 0.6 is 0 Å². The lowest BCUT2D eigenvalue weighted by atomic mass is 9.63. The number of carbonyl (C=O) groups excluding carboxylic acids is 2. The highest BCUT2D eigenvalue weighted by Gasteiger charge is 2.47. The third kappa shape index (κ3) is 5.40.